The van der Waals surface area contributed by atoms with Gasteiger partial charge in [0.1, 0.15) is 0 Å². The Balaban J connectivity index is 1.78. The average molecular weight is 541 g/mol. The van der Waals surface area contributed by atoms with Crippen LogP contribution in [-0.2, 0) is 9.47 Å². The van der Waals surface area contributed by atoms with Gasteiger partial charge in [-0.1, -0.05) is 0 Å². The molecule has 202 valence electrons. The van der Waals surface area contributed by atoms with E-state index in [0.29, 0.717) is 54.7 Å². The molecular weight excluding hydrogens is 508 g/mol. The summed E-state index contributed by atoms with van der Waals surface area (Å²) >= 11 is 0. The third kappa shape index (κ3) is 9.10. The first-order valence-corrected chi connectivity index (χ1v) is 14.8. The number of hydrogen-bond acceptors (Lipinski definition) is 12. The highest BCUT2D eigenvalue weighted by atomic mass is 28.4. The highest BCUT2D eigenvalue weighted by Crippen LogP contribution is 2.20. The van der Waals surface area contributed by atoms with Gasteiger partial charge in [-0.25, -0.2) is 9.59 Å². The Morgan fingerprint density at radius 1 is 0.763 bits per heavy atom. The SMILES string of the molecule is CCOC(=O)c1ccc(Nc2nc(NCCC[Si](C)(O)O)nc(Nc3ccc(C(=O)OCC)cc3)n2)cc1. The molecule has 0 radical (unpaired) electrons. The number of hydrogen-bond donors (Lipinski definition) is 5. The predicted molar refractivity (Wildman–Crippen MR) is 145 cm³/mol. The van der Waals surface area contributed by atoms with Crippen LogP contribution >= 0.6 is 0 Å². The summed E-state index contributed by atoms with van der Waals surface area (Å²) in [4.78, 5) is 56.3. The lowest BCUT2D eigenvalue weighted by atomic mass is 10.2. The maximum absolute atomic E-state index is 11.9. The van der Waals surface area contributed by atoms with Crippen LogP contribution in [0.15, 0.2) is 48.5 Å². The van der Waals surface area contributed by atoms with Gasteiger partial charge in [0.2, 0.25) is 17.8 Å². The third-order valence-electron chi connectivity index (χ3n) is 5.05. The zero-order valence-electron chi connectivity index (χ0n) is 21.5. The topological polar surface area (TPSA) is 168 Å². The van der Waals surface area contributed by atoms with Gasteiger partial charge in [-0.15, -0.1) is 0 Å². The number of carbonyl (C=O) groups excluding carboxylic acids is 2. The fourth-order valence-corrected chi connectivity index (χ4v) is 4.10. The molecule has 0 unspecified atom stereocenters. The Kier molecular flexibility index (Phi) is 10.1. The molecule has 3 aromatic rings. The molecule has 13 heteroatoms. The molecule has 0 fully saturated rings. The first-order valence-electron chi connectivity index (χ1n) is 12.2. The van der Waals surface area contributed by atoms with Crippen molar-refractivity contribution in [2.24, 2.45) is 0 Å². The van der Waals surface area contributed by atoms with E-state index in [-0.39, 0.29) is 17.8 Å². The van der Waals surface area contributed by atoms with Crippen molar-refractivity contribution >= 4 is 49.7 Å². The van der Waals surface area contributed by atoms with Crippen molar-refractivity contribution < 1.29 is 28.7 Å². The van der Waals surface area contributed by atoms with Gasteiger partial charge in [0, 0.05) is 17.9 Å². The highest BCUT2D eigenvalue weighted by Gasteiger charge is 2.20. The zero-order valence-corrected chi connectivity index (χ0v) is 22.5. The Labute approximate surface area is 221 Å². The van der Waals surface area contributed by atoms with Gasteiger partial charge in [-0.2, -0.15) is 15.0 Å². The summed E-state index contributed by atoms with van der Waals surface area (Å²) in [6.45, 7) is 5.96. The Morgan fingerprint density at radius 3 is 1.58 bits per heavy atom. The van der Waals surface area contributed by atoms with Crippen LogP contribution in [0.3, 0.4) is 0 Å². The number of rotatable bonds is 13. The third-order valence-corrected chi connectivity index (χ3v) is 6.35. The van der Waals surface area contributed by atoms with Crippen molar-refractivity contribution in [2.75, 3.05) is 35.7 Å². The maximum Gasteiger partial charge on any atom is 0.338 e. The van der Waals surface area contributed by atoms with Crippen molar-refractivity contribution in [1.82, 2.24) is 15.0 Å². The number of anilines is 5. The van der Waals surface area contributed by atoms with Gasteiger partial charge in [-0.05, 0) is 81.4 Å². The maximum atomic E-state index is 11.9. The zero-order chi connectivity index (χ0) is 27.5. The molecule has 0 aliphatic heterocycles. The minimum atomic E-state index is -3.14. The number of nitrogens with one attached hydrogen (secondary N) is 3. The average Bonchev–Trinajstić information content (AvgIpc) is 2.87. The number of esters is 2. The van der Waals surface area contributed by atoms with Gasteiger partial charge in [-0.3, -0.25) is 0 Å². The van der Waals surface area contributed by atoms with Gasteiger partial charge in [0.05, 0.1) is 24.3 Å². The van der Waals surface area contributed by atoms with Crippen LogP contribution in [0, 0.1) is 0 Å². The van der Waals surface area contributed by atoms with Crippen molar-refractivity contribution in [3.8, 4) is 0 Å². The standard InChI is InChI=1S/C25H32N6O6Si/c1-4-36-21(32)17-7-11-19(12-8-17)27-24-29-23(26-15-6-16-38(3,34)35)30-25(31-24)28-20-13-9-18(10-14-20)22(33)37-5-2/h7-14,34-35H,4-6,15-16H2,1-3H3,(H3,26,27,28,29,30,31). The molecule has 0 aliphatic carbocycles. The molecule has 1 aromatic heterocycles. The minimum Gasteiger partial charge on any atom is -0.462 e. The van der Waals surface area contributed by atoms with Crippen LogP contribution in [0.1, 0.15) is 41.0 Å². The molecular formula is C25H32N6O6Si. The van der Waals surface area contributed by atoms with Crippen LogP contribution in [0.5, 0.6) is 0 Å². The molecule has 2 aromatic carbocycles. The van der Waals surface area contributed by atoms with Gasteiger partial charge < -0.3 is 35.0 Å². The van der Waals surface area contributed by atoms with Crippen molar-refractivity contribution in [3.63, 3.8) is 0 Å². The van der Waals surface area contributed by atoms with E-state index in [0.717, 1.165) is 0 Å². The van der Waals surface area contributed by atoms with Crippen LogP contribution < -0.4 is 16.0 Å². The number of carbonyl (C=O) groups is 2. The quantitative estimate of drug-likeness (QED) is 0.122. The van der Waals surface area contributed by atoms with Crippen molar-refractivity contribution in [1.29, 1.82) is 0 Å². The van der Waals surface area contributed by atoms with Gasteiger partial charge in [0.15, 0.2) is 0 Å². The summed E-state index contributed by atoms with van der Waals surface area (Å²) in [7, 11) is -3.14. The van der Waals surface area contributed by atoms with Crippen LogP contribution in [0.2, 0.25) is 12.6 Å². The van der Waals surface area contributed by atoms with E-state index < -0.39 is 20.5 Å². The molecule has 0 amide bonds. The second kappa shape index (κ2) is 13.5. The first-order chi connectivity index (χ1) is 18.2. The van der Waals surface area contributed by atoms with E-state index in [2.05, 4.69) is 30.9 Å². The molecule has 0 saturated carbocycles. The first kappa shape index (κ1) is 28.5. The van der Waals surface area contributed by atoms with E-state index in [1.54, 1.807) is 62.4 Å². The second-order valence-electron chi connectivity index (χ2n) is 8.40. The summed E-state index contributed by atoms with van der Waals surface area (Å²) in [5, 5.41) is 9.27. The molecule has 0 saturated heterocycles. The fourth-order valence-electron chi connectivity index (χ4n) is 3.26. The number of aromatic nitrogens is 3. The normalized spacial score (nSPS) is 11.0. The smallest absolute Gasteiger partial charge is 0.338 e. The summed E-state index contributed by atoms with van der Waals surface area (Å²) in [6, 6.07) is 13.7. The monoisotopic (exact) mass is 540 g/mol. The molecule has 0 bridgehead atoms. The van der Waals surface area contributed by atoms with Crippen LogP contribution in [0.4, 0.5) is 29.2 Å². The molecule has 1 heterocycles. The van der Waals surface area contributed by atoms with E-state index in [1.807, 2.05) is 0 Å². The Bertz CT molecular complexity index is 1140. The van der Waals surface area contributed by atoms with Crippen LogP contribution in [-0.4, -0.2) is 64.8 Å². The summed E-state index contributed by atoms with van der Waals surface area (Å²) in [5.74, 6) is -0.0659. The number of benzene rings is 2. The molecule has 5 N–H and O–H groups in total. The summed E-state index contributed by atoms with van der Waals surface area (Å²) < 4.78 is 10.0. The lowest BCUT2D eigenvalue weighted by Crippen LogP contribution is -2.30. The van der Waals surface area contributed by atoms with E-state index in [4.69, 9.17) is 9.47 Å². The molecule has 0 spiro atoms. The Morgan fingerprint density at radius 2 is 1.18 bits per heavy atom. The molecule has 12 nitrogen and oxygen atoms in total. The molecule has 3 rings (SSSR count). The minimum absolute atomic E-state index is 0.237. The van der Waals surface area contributed by atoms with E-state index in [1.165, 1.54) is 6.55 Å². The van der Waals surface area contributed by atoms with E-state index in [9.17, 15) is 19.2 Å². The lowest BCUT2D eigenvalue weighted by molar-refractivity contribution is 0.0517. The summed E-state index contributed by atoms with van der Waals surface area (Å²) in [6.07, 6.45) is 0.525. The van der Waals surface area contributed by atoms with Crippen molar-refractivity contribution in [2.45, 2.75) is 32.9 Å². The molecule has 0 aliphatic rings. The summed E-state index contributed by atoms with van der Waals surface area (Å²) in [5.41, 5.74) is 2.13. The number of ether oxygens (including phenoxy) is 2. The van der Waals surface area contributed by atoms with Crippen LogP contribution in [0.25, 0.3) is 0 Å². The predicted octanol–water partition coefficient (Wildman–Crippen LogP) is 3.57. The van der Waals surface area contributed by atoms with E-state index >= 15 is 0 Å². The van der Waals surface area contributed by atoms with Gasteiger partial charge >= 0.3 is 20.5 Å². The highest BCUT2D eigenvalue weighted by molar-refractivity contribution is 6.63. The lowest BCUT2D eigenvalue weighted by Gasteiger charge is -2.13. The van der Waals surface area contributed by atoms with Crippen molar-refractivity contribution in [3.05, 3.63) is 59.7 Å². The fraction of sp³-hybridized carbons (Fsp3) is 0.320. The second-order valence-corrected chi connectivity index (χ2v) is 11.3. The van der Waals surface area contributed by atoms with Gasteiger partial charge in [0.25, 0.3) is 0 Å². The molecule has 0 atom stereocenters. The molecule has 38 heavy (non-hydrogen) atoms. The number of nitrogens with zero attached hydrogens (tertiary/aromatic N) is 3. The Hall–Kier alpha value is -4.07. The largest absolute Gasteiger partial charge is 0.462 e.